The molecule has 1 aromatic carbocycles. The van der Waals surface area contributed by atoms with Crippen LogP contribution in [0.3, 0.4) is 0 Å². The highest BCUT2D eigenvalue weighted by Gasteiger charge is 2.36. The van der Waals surface area contributed by atoms with Crippen molar-refractivity contribution < 1.29 is 4.74 Å². The highest BCUT2D eigenvalue weighted by atomic mass is 16.5. The fourth-order valence-corrected chi connectivity index (χ4v) is 2.57. The average molecular weight is 233 g/mol. The van der Waals surface area contributed by atoms with Crippen LogP contribution in [0.4, 0.5) is 0 Å². The van der Waals surface area contributed by atoms with Gasteiger partial charge >= 0.3 is 0 Å². The summed E-state index contributed by atoms with van der Waals surface area (Å²) < 4.78 is 5.99. The molecular weight excluding hydrogens is 210 g/mol. The van der Waals surface area contributed by atoms with E-state index in [2.05, 4.69) is 26.0 Å². The van der Waals surface area contributed by atoms with E-state index in [0.29, 0.717) is 6.61 Å². The summed E-state index contributed by atoms with van der Waals surface area (Å²) >= 11 is 0. The summed E-state index contributed by atoms with van der Waals surface area (Å²) in [4.78, 5) is 0. The van der Waals surface area contributed by atoms with Crippen LogP contribution in [0.2, 0.25) is 0 Å². The maximum atomic E-state index is 6.30. The van der Waals surface area contributed by atoms with Crippen LogP contribution in [-0.2, 0) is 11.3 Å². The molecule has 94 valence electrons. The molecule has 1 aromatic rings. The molecule has 0 saturated heterocycles. The van der Waals surface area contributed by atoms with Gasteiger partial charge in [0.25, 0.3) is 0 Å². The number of hydrogen-bond acceptors (Lipinski definition) is 2. The lowest BCUT2D eigenvalue weighted by molar-refractivity contribution is -0.0332. The van der Waals surface area contributed by atoms with Crippen molar-refractivity contribution in [1.82, 2.24) is 0 Å². The van der Waals surface area contributed by atoms with Gasteiger partial charge in [0.15, 0.2) is 0 Å². The largest absolute Gasteiger partial charge is 0.372 e. The molecule has 2 N–H and O–H groups in total. The molecule has 2 rings (SSSR count). The molecule has 0 aromatic heterocycles. The van der Waals surface area contributed by atoms with E-state index in [4.69, 9.17) is 10.5 Å². The highest BCUT2D eigenvalue weighted by Crippen LogP contribution is 2.35. The smallest absolute Gasteiger partial charge is 0.0735 e. The molecule has 0 radical (unpaired) electrons. The number of benzene rings is 1. The minimum atomic E-state index is 0.153. The Morgan fingerprint density at radius 3 is 2.71 bits per heavy atom. The third-order valence-electron chi connectivity index (χ3n) is 3.92. The van der Waals surface area contributed by atoms with E-state index in [-0.39, 0.29) is 17.6 Å². The molecule has 1 aliphatic carbocycles. The van der Waals surface area contributed by atoms with Crippen molar-refractivity contribution >= 4 is 0 Å². The minimum absolute atomic E-state index is 0.153. The van der Waals surface area contributed by atoms with Gasteiger partial charge in [-0.15, -0.1) is 0 Å². The molecule has 2 unspecified atom stereocenters. The maximum Gasteiger partial charge on any atom is 0.0735 e. The minimum Gasteiger partial charge on any atom is -0.372 e. The van der Waals surface area contributed by atoms with Gasteiger partial charge in [0.1, 0.15) is 0 Å². The van der Waals surface area contributed by atoms with Gasteiger partial charge in [-0.05, 0) is 23.8 Å². The predicted octanol–water partition coefficient (Wildman–Crippen LogP) is 3.11. The molecule has 0 spiro atoms. The normalized spacial score (nSPS) is 27.9. The van der Waals surface area contributed by atoms with E-state index < -0.39 is 0 Å². The molecule has 0 amide bonds. The van der Waals surface area contributed by atoms with Gasteiger partial charge in [0.2, 0.25) is 0 Å². The van der Waals surface area contributed by atoms with Gasteiger partial charge in [-0.2, -0.15) is 0 Å². The van der Waals surface area contributed by atoms with Gasteiger partial charge in [-0.1, -0.05) is 50.6 Å². The molecule has 2 atom stereocenters. The Morgan fingerprint density at radius 1 is 1.29 bits per heavy atom. The van der Waals surface area contributed by atoms with E-state index >= 15 is 0 Å². The molecule has 1 saturated carbocycles. The average Bonchev–Trinajstić information content (AvgIpc) is 2.32. The van der Waals surface area contributed by atoms with Crippen LogP contribution in [0, 0.1) is 5.41 Å². The Bertz CT molecular complexity index is 347. The van der Waals surface area contributed by atoms with Crippen LogP contribution >= 0.6 is 0 Å². The predicted molar refractivity (Wildman–Crippen MR) is 70.6 cm³/mol. The van der Waals surface area contributed by atoms with Crippen LogP contribution in [0.25, 0.3) is 0 Å². The van der Waals surface area contributed by atoms with E-state index in [9.17, 15) is 0 Å². The fourth-order valence-electron chi connectivity index (χ4n) is 2.57. The van der Waals surface area contributed by atoms with Crippen molar-refractivity contribution in [2.45, 2.75) is 51.9 Å². The Morgan fingerprint density at radius 2 is 2.00 bits per heavy atom. The lowest BCUT2D eigenvalue weighted by atomic mass is 9.72. The molecule has 2 nitrogen and oxygen atoms in total. The zero-order valence-electron chi connectivity index (χ0n) is 10.9. The van der Waals surface area contributed by atoms with Crippen molar-refractivity contribution in [3.8, 4) is 0 Å². The van der Waals surface area contributed by atoms with E-state index in [1.165, 1.54) is 18.4 Å². The zero-order valence-corrected chi connectivity index (χ0v) is 10.9. The summed E-state index contributed by atoms with van der Waals surface area (Å²) in [7, 11) is 0. The Labute approximate surface area is 104 Å². The van der Waals surface area contributed by atoms with Crippen molar-refractivity contribution in [2.75, 3.05) is 0 Å². The first kappa shape index (κ1) is 12.6. The topological polar surface area (TPSA) is 35.2 Å². The van der Waals surface area contributed by atoms with Crippen molar-refractivity contribution in [3.63, 3.8) is 0 Å². The number of rotatable bonds is 3. The van der Waals surface area contributed by atoms with Crippen molar-refractivity contribution in [2.24, 2.45) is 11.1 Å². The van der Waals surface area contributed by atoms with Crippen LogP contribution in [-0.4, -0.2) is 12.1 Å². The summed E-state index contributed by atoms with van der Waals surface area (Å²) in [6.07, 6.45) is 3.73. The zero-order chi connectivity index (χ0) is 12.3. The lowest BCUT2D eigenvalue weighted by Gasteiger charge is -2.41. The van der Waals surface area contributed by atoms with Gasteiger partial charge in [0, 0.05) is 6.04 Å². The van der Waals surface area contributed by atoms with Gasteiger partial charge in [0.05, 0.1) is 12.7 Å². The summed E-state index contributed by atoms with van der Waals surface area (Å²) in [5.41, 5.74) is 7.73. The molecule has 1 fully saturated rings. The first-order valence-corrected chi connectivity index (χ1v) is 6.51. The molecular formula is C15H23NO. The van der Waals surface area contributed by atoms with Crippen LogP contribution < -0.4 is 5.73 Å². The lowest BCUT2D eigenvalue weighted by Crippen LogP contribution is -2.50. The Kier molecular flexibility index (Phi) is 3.85. The van der Waals surface area contributed by atoms with E-state index in [1.807, 2.05) is 18.2 Å². The molecule has 0 aliphatic heterocycles. The van der Waals surface area contributed by atoms with Crippen LogP contribution in [0.15, 0.2) is 30.3 Å². The summed E-state index contributed by atoms with van der Waals surface area (Å²) in [5, 5.41) is 0. The third kappa shape index (κ3) is 3.08. The molecule has 1 aliphatic rings. The van der Waals surface area contributed by atoms with Crippen LogP contribution in [0.1, 0.15) is 38.7 Å². The quantitative estimate of drug-likeness (QED) is 0.870. The summed E-state index contributed by atoms with van der Waals surface area (Å²) in [6.45, 7) is 5.17. The molecule has 2 heteroatoms. The van der Waals surface area contributed by atoms with Gasteiger partial charge in [-0.3, -0.25) is 0 Å². The SMILES string of the molecule is CC1(C)CCCC(OCc2ccccc2)C1N. The molecule has 0 heterocycles. The van der Waals surface area contributed by atoms with E-state index in [0.717, 1.165) is 6.42 Å². The van der Waals surface area contributed by atoms with E-state index in [1.54, 1.807) is 0 Å². The maximum absolute atomic E-state index is 6.30. The second-order valence-corrected chi connectivity index (χ2v) is 5.74. The number of ether oxygens (including phenoxy) is 1. The van der Waals surface area contributed by atoms with Crippen molar-refractivity contribution in [1.29, 1.82) is 0 Å². The fraction of sp³-hybridized carbons (Fsp3) is 0.600. The monoisotopic (exact) mass is 233 g/mol. The van der Waals surface area contributed by atoms with Crippen molar-refractivity contribution in [3.05, 3.63) is 35.9 Å². The summed E-state index contributed by atoms with van der Waals surface area (Å²) in [5.74, 6) is 0. The third-order valence-corrected chi connectivity index (χ3v) is 3.92. The first-order valence-electron chi connectivity index (χ1n) is 6.51. The van der Waals surface area contributed by atoms with Gasteiger partial charge < -0.3 is 10.5 Å². The molecule has 17 heavy (non-hydrogen) atoms. The summed E-state index contributed by atoms with van der Waals surface area (Å²) in [6, 6.07) is 10.5. The first-order chi connectivity index (χ1) is 8.09. The standard InChI is InChI=1S/C15H23NO/c1-15(2)10-6-9-13(14(15)16)17-11-12-7-4-3-5-8-12/h3-5,7-8,13-14H,6,9-11,16H2,1-2H3. The Balaban J connectivity index is 1.91. The number of hydrogen-bond donors (Lipinski definition) is 1. The second kappa shape index (κ2) is 5.19. The highest BCUT2D eigenvalue weighted by molar-refractivity contribution is 5.13. The number of nitrogens with two attached hydrogens (primary N) is 1. The van der Waals surface area contributed by atoms with Crippen LogP contribution in [0.5, 0.6) is 0 Å². The molecule has 0 bridgehead atoms. The van der Waals surface area contributed by atoms with Gasteiger partial charge in [-0.25, -0.2) is 0 Å². The second-order valence-electron chi connectivity index (χ2n) is 5.74. The Hall–Kier alpha value is -0.860.